The summed E-state index contributed by atoms with van der Waals surface area (Å²) in [4.78, 5) is 27.0. The monoisotopic (exact) mass is 411 g/mol. The van der Waals surface area contributed by atoms with Gasteiger partial charge in [0.05, 0.1) is 4.92 Å². The van der Waals surface area contributed by atoms with Gasteiger partial charge < -0.3 is 15.2 Å². The highest BCUT2D eigenvalue weighted by Gasteiger charge is 2.23. The Balaban J connectivity index is 1.57. The third-order valence-electron chi connectivity index (χ3n) is 4.63. The van der Waals surface area contributed by atoms with Crippen molar-refractivity contribution in [2.45, 2.75) is 18.9 Å². The van der Waals surface area contributed by atoms with E-state index in [2.05, 4.69) is 15.6 Å². The number of hydrogen-bond donors (Lipinski definition) is 2. The summed E-state index contributed by atoms with van der Waals surface area (Å²) in [5.74, 6) is -0.0974. The van der Waals surface area contributed by atoms with Gasteiger partial charge in [0.15, 0.2) is 0 Å². The first kappa shape index (κ1) is 21.0. The van der Waals surface area contributed by atoms with E-state index in [0.717, 1.165) is 5.69 Å². The second-order valence-corrected chi connectivity index (χ2v) is 6.75. The summed E-state index contributed by atoms with van der Waals surface area (Å²) in [6, 6.07) is 11.7. The van der Waals surface area contributed by atoms with Crippen LogP contribution >= 0.6 is 0 Å². The summed E-state index contributed by atoms with van der Waals surface area (Å²) >= 11 is 0. The van der Waals surface area contributed by atoms with Crippen molar-refractivity contribution in [2.75, 3.05) is 11.9 Å². The molecule has 0 fully saturated rings. The second-order valence-electron chi connectivity index (χ2n) is 6.75. The molecule has 1 heterocycles. The van der Waals surface area contributed by atoms with Crippen LogP contribution in [0.1, 0.15) is 30.3 Å². The molecule has 8 nitrogen and oxygen atoms in total. The number of carbonyl (C=O) groups is 1. The minimum Gasteiger partial charge on any atom is -0.385 e. The third-order valence-corrected chi connectivity index (χ3v) is 4.63. The molecule has 0 aliphatic heterocycles. The smallest absolute Gasteiger partial charge is 0.269 e. The molecule has 0 aliphatic rings. The highest BCUT2D eigenvalue weighted by atomic mass is 19.1. The van der Waals surface area contributed by atoms with Crippen molar-refractivity contribution in [1.29, 1.82) is 0 Å². The fraction of sp³-hybridized carbons (Fsp3) is 0.238. The molecule has 0 saturated heterocycles. The number of non-ortho nitro benzene ring substituents is 1. The minimum atomic E-state index is -0.693. The molecule has 0 saturated carbocycles. The lowest BCUT2D eigenvalue weighted by atomic mass is 10.0. The van der Waals surface area contributed by atoms with Crippen LogP contribution in [0, 0.1) is 15.9 Å². The summed E-state index contributed by atoms with van der Waals surface area (Å²) in [7, 11) is 1.79. The zero-order valence-corrected chi connectivity index (χ0v) is 16.4. The number of nitro benzene ring substituents is 1. The quantitative estimate of drug-likeness (QED) is 0.318. The van der Waals surface area contributed by atoms with E-state index in [9.17, 15) is 19.3 Å². The maximum absolute atomic E-state index is 14.3. The Morgan fingerprint density at radius 1 is 1.23 bits per heavy atom. The van der Waals surface area contributed by atoms with Gasteiger partial charge in [-0.3, -0.25) is 14.9 Å². The van der Waals surface area contributed by atoms with Gasteiger partial charge in [0.25, 0.3) is 5.69 Å². The summed E-state index contributed by atoms with van der Waals surface area (Å²) in [5, 5.41) is 16.7. The molecule has 156 valence electrons. The third kappa shape index (κ3) is 5.19. The summed E-state index contributed by atoms with van der Waals surface area (Å²) < 4.78 is 16.1. The Morgan fingerprint density at radius 3 is 2.60 bits per heavy atom. The van der Waals surface area contributed by atoms with Crippen molar-refractivity contribution in [1.82, 2.24) is 14.9 Å². The Hall–Kier alpha value is -3.75. The lowest BCUT2D eigenvalue weighted by Crippen LogP contribution is -2.31. The molecule has 1 atom stereocenters. The molecular formula is C21H22FN5O3. The maximum Gasteiger partial charge on any atom is 0.269 e. The zero-order chi connectivity index (χ0) is 21.5. The number of aryl methyl sites for hydroxylation is 1. The molecule has 1 amide bonds. The van der Waals surface area contributed by atoms with Gasteiger partial charge >= 0.3 is 0 Å². The Kier molecular flexibility index (Phi) is 6.74. The van der Waals surface area contributed by atoms with Gasteiger partial charge in [0, 0.05) is 55.8 Å². The number of anilines is 1. The van der Waals surface area contributed by atoms with Crippen LogP contribution in [0.5, 0.6) is 0 Å². The molecule has 0 radical (unpaired) electrons. The summed E-state index contributed by atoms with van der Waals surface area (Å²) in [6.07, 6.45) is 4.11. The Morgan fingerprint density at radius 2 is 1.97 bits per heavy atom. The molecule has 2 aromatic carbocycles. The molecule has 2 N–H and O–H groups in total. The average Bonchev–Trinajstić information content (AvgIpc) is 3.16. The van der Waals surface area contributed by atoms with Crippen LogP contribution in [0.25, 0.3) is 0 Å². The van der Waals surface area contributed by atoms with E-state index >= 15 is 0 Å². The van der Waals surface area contributed by atoms with E-state index in [-0.39, 0.29) is 18.0 Å². The molecule has 0 bridgehead atoms. The number of carbonyl (C=O) groups excluding carboxylic acids is 1. The second kappa shape index (κ2) is 9.64. The first-order valence-electron chi connectivity index (χ1n) is 9.45. The van der Waals surface area contributed by atoms with Crippen LogP contribution in [-0.2, 0) is 11.8 Å². The van der Waals surface area contributed by atoms with Crippen LogP contribution in [0.2, 0.25) is 0 Å². The fourth-order valence-corrected chi connectivity index (χ4v) is 3.06. The molecule has 0 aliphatic carbocycles. The zero-order valence-electron chi connectivity index (χ0n) is 16.4. The number of rotatable bonds is 9. The standard InChI is InChI=1S/C21H22FN5O3/c1-26-14-13-24-21(26)20(17-5-2-3-6-18(17)22)25-19(28)7-4-12-23-15-8-10-16(11-9-15)27(29)30/h2-3,5-6,8-11,13-14,20,23H,4,7,12H2,1H3,(H,25,28). The van der Waals surface area contributed by atoms with E-state index in [1.807, 2.05) is 0 Å². The highest BCUT2D eigenvalue weighted by Crippen LogP contribution is 2.23. The average molecular weight is 411 g/mol. The first-order chi connectivity index (χ1) is 14.5. The molecular weight excluding hydrogens is 389 g/mol. The van der Waals surface area contributed by atoms with E-state index in [4.69, 9.17) is 0 Å². The number of benzene rings is 2. The topological polar surface area (TPSA) is 102 Å². The number of imidazole rings is 1. The minimum absolute atomic E-state index is 0.0217. The van der Waals surface area contributed by atoms with Gasteiger partial charge in [0.1, 0.15) is 17.7 Å². The maximum atomic E-state index is 14.3. The van der Waals surface area contributed by atoms with Crippen molar-refractivity contribution < 1.29 is 14.1 Å². The van der Waals surface area contributed by atoms with E-state index in [1.54, 1.807) is 54.3 Å². The molecule has 1 aromatic heterocycles. The van der Waals surface area contributed by atoms with Gasteiger partial charge in [-0.2, -0.15) is 0 Å². The molecule has 1 unspecified atom stereocenters. The van der Waals surface area contributed by atoms with Crippen LogP contribution < -0.4 is 10.6 Å². The molecule has 0 spiro atoms. The first-order valence-corrected chi connectivity index (χ1v) is 9.45. The largest absolute Gasteiger partial charge is 0.385 e. The predicted octanol–water partition coefficient (Wildman–Crippen LogP) is 3.57. The van der Waals surface area contributed by atoms with Crippen molar-refractivity contribution >= 4 is 17.3 Å². The van der Waals surface area contributed by atoms with Crippen molar-refractivity contribution in [3.63, 3.8) is 0 Å². The van der Waals surface area contributed by atoms with Gasteiger partial charge in [0.2, 0.25) is 5.91 Å². The van der Waals surface area contributed by atoms with Gasteiger partial charge in [-0.25, -0.2) is 9.37 Å². The van der Waals surface area contributed by atoms with E-state index in [1.165, 1.54) is 18.2 Å². The number of aromatic nitrogens is 2. The normalized spacial score (nSPS) is 11.7. The SMILES string of the molecule is Cn1ccnc1C(NC(=O)CCCNc1ccc([N+](=O)[O-])cc1)c1ccccc1F. The van der Waals surface area contributed by atoms with Crippen molar-refractivity contribution in [3.05, 3.63) is 88.2 Å². The van der Waals surface area contributed by atoms with Crippen LogP contribution in [-0.4, -0.2) is 26.9 Å². The Labute approximate surface area is 172 Å². The lowest BCUT2D eigenvalue weighted by molar-refractivity contribution is -0.384. The fourth-order valence-electron chi connectivity index (χ4n) is 3.06. The van der Waals surface area contributed by atoms with Gasteiger partial charge in [-0.15, -0.1) is 0 Å². The number of nitrogens with zero attached hydrogens (tertiary/aromatic N) is 3. The molecule has 3 rings (SSSR count). The number of hydrogen-bond acceptors (Lipinski definition) is 5. The van der Waals surface area contributed by atoms with Gasteiger partial charge in [-0.05, 0) is 24.6 Å². The number of nitrogens with one attached hydrogen (secondary N) is 2. The number of nitro groups is 1. The molecule has 3 aromatic rings. The predicted molar refractivity (Wildman–Crippen MR) is 110 cm³/mol. The number of halogens is 1. The Bertz CT molecular complexity index is 1020. The van der Waals surface area contributed by atoms with Crippen LogP contribution in [0.15, 0.2) is 60.9 Å². The van der Waals surface area contributed by atoms with Crippen LogP contribution in [0.3, 0.4) is 0 Å². The number of amides is 1. The van der Waals surface area contributed by atoms with E-state index < -0.39 is 16.8 Å². The van der Waals surface area contributed by atoms with Crippen molar-refractivity contribution in [3.8, 4) is 0 Å². The molecule has 30 heavy (non-hydrogen) atoms. The van der Waals surface area contributed by atoms with E-state index in [0.29, 0.717) is 24.4 Å². The van der Waals surface area contributed by atoms with Crippen molar-refractivity contribution in [2.24, 2.45) is 7.05 Å². The van der Waals surface area contributed by atoms with Gasteiger partial charge in [-0.1, -0.05) is 18.2 Å². The molecule has 9 heteroatoms. The lowest BCUT2D eigenvalue weighted by Gasteiger charge is -2.20. The summed E-state index contributed by atoms with van der Waals surface area (Å²) in [6.45, 7) is 0.512. The summed E-state index contributed by atoms with van der Waals surface area (Å²) in [5.41, 5.74) is 1.11. The van der Waals surface area contributed by atoms with Crippen LogP contribution in [0.4, 0.5) is 15.8 Å². The highest BCUT2D eigenvalue weighted by molar-refractivity contribution is 5.76.